The summed E-state index contributed by atoms with van der Waals surface area (Å²) in [6.45, 7) is 12.7. The average molecular weight is 508 g/mol. The number of nitrogens with zero attached hydrogens (tertiary/aromatic N) is 3. The number of hydrogen-bond donors (Lipinski definition) is 0. The molecule has 3 nitrogen and oxygen atoms in total. The van der Waals surface area contributed by atoms with Crippen molar-refractivity contribution in [3.63, 3.8) is 0 Å². The first-order valence-corrected chi connectivity index (χ1v) is 15.5. The fraction of sp³-hybridized carbons (Fsp3) is 0.333. The van der Waals surface area contributed by atoms with E-state index >= 15 is 0 Å². The first-order chi connectivity index (χ1) is 17.9. The van der Waals surface area contributed by atoms with Crippen molar-refractivity contribution in [1.29, 1.82) is 0 Å². The Hall–Kier alpha value is -2.87. The zero-order valence-corrected chi connectivity index (χ0v) is 23.5. The van der Waals surface area contributed by atoms with Crippen molar-refractivity contribution in [2.45, 2.75) is 58.7 Å². The third-order valence-electron chi connectivity index (χ3n) is 8.13. The summed E-state index contributed by atoms with van der Waals surface area (Å²) in [4.78, 5) is 0. The van der Waals surface area contributed by atoms with Crippen molar-refractivity contribution in [2.24, 2.45) is 4.74 Å². The Balaban J connectivity index is 1.71. The predicted octanol–water partition coefficient (Wildman–Crippen LogP) is 9.33. The number of benzene rings is 4. The van der Waals surface area contributed by atoms with Gasteiger partial charge in [0.05, 0.1) is 12.9 Å². The molecule has 4 aromatic carbocycles. The molecule has 0 bridgehead atoms. The van der Waals surface area contributed by atoms with Crippen LogP contribution >= 0.6 is 7.21 Å². The Kier molecular flexibility index (Phi) is 6.25. The van der Waals surface area contributed by atoms with Crippen LogP contribution in [-0.4, -0.2) is 27.5 Å². The molecular formula is C33H38N3P. The van der Waals surface area contributed by atoms with Crippen molar-refractivity contribution in [2.75, 3.05) is 13.1 Å². The number of aryl methyl sites for hydroxylation is 1. The lowest BCUT2D eigenvalue weighted by Crippen LogP contribution is -2.39. The molecule has 1 atom stereocenters. The van der Waals surface area contributed by atoms with Gasteiger partial charge < -0.3 is 4.57 Å². The van der Waals surface area contributed by atoms with Crippen LogP contribution in [0.4, 0.5) is 5.69 Å². The molecular weight excluding hydrogens is 469 g/mol. The van der Waals surface area contributed by atoms with E-state index in [9.17, 15) is 0 Å². The molecule has 6 rings (SSSR count). The van der Waals surface area contributed by atoms with Gasteiger partial charge in [-0.3, -0.25) is 4.67 Å². The van der Waals surface area contributed by atoms with Gasteiger partial charge in [0, 0.05) is 57.3 Å². The lowest BCUT2D eigenvalue weighted by atomic mass is 10.1. The Bertz CT molecular complexity index is 1640. The van der Waals surface area contributed by atoms with E-state index in [1.165, 1.54) is 57.1 Å². The minimum Gasteiger partial charge on any atom is -0.341 e. The maximum atomic E-state index is 5.93. The molecule has 37 heavy (non-hydrogen) atoms. The molecule has 1 saturated heterocycles. The third kappa shape index (κ3) is 3.95. The number of hydrogen-bond acceptors (Lipinski definition) is 1. The third-order valence-corrected chi connectivity index (χ3v) is 12.7. The predicted molar refractivity (Wildman–Crippen MR) is 163 cm³/mol. The average Bonchev–Trinajstić information content (AvgIpc) is 3.24. The van der Waals surface area contributed by atoms with Gasteiger partial charge >= 0.3 is 0 Å². The van der Waals surface area contributed by atoms with Crippen LogP contribution in [0.15, 0.2) is 89.7 Å². The summed E-state index contributed by atoms with van der Waals surface area (Å²) in [6.07, 6.45) is 3.82. The monoisotopic (exact) mass is 507 g/mol. The molecule has 0 spiro atoms. The zero-order chi connectivity index (χ0) is 25.6. The number of para-hydroxylation sites is 1. The van der Waals surface area contributed by atoms with E-state index < -0.39 is 7.21 Å². The first-order valence-electron chi connectivity index (χ1n) is 13.8. The van der Waals surface area contributed by atoms with Gasteiger partial charge in [-0.1, -0.05) is 81.8 Å². The Morgan fingerprint density at radius 3 is 2.16 bits per heavy atom. The van der Waals surface area contributed by atoms with Gasteiger partial charge in [0.15, 0.2) is 0 Å². The summed E-state index contributed by atoms with van der Waals surface area (Å²) in [5.74, 6) is 0. The first kappa shape index (κ1) is 24.5. The second kappa shape index (κ2) is 9.46. The summed E-state index contributed by atoms with van der Waals surface area (Å²) in [7, 11) is -2.17. The van der Waals surface area contributed by atoms with Crippen molar-refractivity contribution < 1.29 is 0 Å². The maximum Gasteiger partial charge on any atom is 0.0720 e. The standard InChI is InChI=1S/C33H38N3P/c1-5-36-31-19-10-9-17-28(31)29-24-26(20-21-32(29)36)37(33(2,3)4,35-22-11-6-12-23-35)34-30-18-13-15-25-14-7-8-16-27(25)30/h7-10,13-21,24H,5-6,11-12,22-23H2,1-4H3. The molecule has 1 fully saturated rings. The fourth-order valence-electron chi connectivity index (χ4n) is 6.44. The quantitative estimate of drug-likeness (QED) is 0.222. The molecule has 1 aliphatic rings. The van der Waals surface area contributed by atoms with Crippen molar-refractivity contribution in [3.8, 4) is 0 Å². The molecule has 4 heteroatoms. The Labute approximate surface area is 221 Å². The Morgan fingerprint density at radius 1 is 0.730 bits per heavy atom. The van der Waals surface area contributed by atoms with E-state index in [4.69, 9.17) is 4.74 Å². The molecule has 1 aliphatic heterocycles. The van der Waals surface area contributed by atoms with Gasteiger partial charge in [-0.05, 0) is 55.5 Å². The summed E-state index contributed by atoms with van der Waals surface area (Å²) in [5.41, 5.74) is 3.77. The SMILES string of the molecule is CCn1c2ccccc2c2cc(P(=Nc3cccc4ccccc34)(N3CCCCC3)C(C)(C)C)ccc21. The second-order valence-electron chi connectivity index (χ2n) is 11.3. The van der Waals surface area contributed by atoms with Gasteiger partial charge in [0.1, 0.15) is 0 Å². The lowest BCUT2D eigenvalue weighted by molar-refractivity contribution is 0.361. The van der Waals surface area contributed by atoms with Gasteiger partial charge in [-0.15, -0.1) is 0 Å². The molecule has 0 saturated carbocycles. The van der Waals surface area contributed by atoms with Gasteiger partial charge in [0.25, 0.3) is 0 Å². The highest BCUT2D eigenvalue weighted by Crippen LogP contribution is 2.65. The number of rotatable bonds is 4. The van der Waals surface area contributed by atoms with Crippen molar-refractivity contribution in [1.82, 2.24) is 9.24 Å². The highest BCUT2D eigenvalue weighted by atomic mass is 31.2. The van der Waals surface area contributed by atoms with E-state index in [-0.39, 0.29) is 5.16 Å². The molecule has 1 unspecified atom stereocenters. The topological polar surface area (TPSA) is 20.5 Å². The van der Waals surface area contributed by atoms with Gasteiger partial charge in [-0.2, -0.15) is 0 Å². The van der Waals surface area contributed by atoms with Crippen LogP contribution in [0.1, 0.15) is 47.0 Å². The van der Waals surface area contributed by atoms with Crippen LogP contribution in [0.3, 0.4) is 0 Å². The highest BCUT2D eigenvalue weighted by molar-refractivity contribution is 7.73. The Morgan fingerprint density at radius 2 is 1.41 bits per heavy atom. The molecule has 0 amide bonds. The number of piperidine rings is 1. The molecule has 0 N–H and O–H groups in total. The van der Waals surface area contributed by atoms with E-state index in [1.54, 1.807) is 0 Å². The van der Waals surface area contributed by atoms with Gasteiger partial charge in [-0.25, -0.2) is 4.74 Å². The summed E-state index contributed by atoms with van der Waals surface area (Å²) in [5, 5.41) is 6.60. The minimum absolute atomic E-state index is 0.0158. The summed E-state index contributed by atoms with van der Waals surface area (Å²) < 4.78 is 11.2. The van der Waals surface area contributed by atoms with Crippen LogP contribution in [0.25, 0.3) is 32.6 Å². The van der Waals surface area contributed by atoms with Crippen molar-refractivity contribution in [3.05, 3.63) is 84.9 Å². The smallest absolute Gasteiger partial charge is 0.0720 e. The molecule has 5 aromatic rings. The normalized spacial score (nSPS) is 16.9. The molecule has 0 radical (unpaired) electrons. The number of fused-ring (bicyclic) bond motifs is 4. The van der Waals surface area contributed by atoms with E-state index in [1.807, 2.05) is 0 Å². The minimum atomic E-state index is -2.17. The van der Waals surface area contributed by atoms with Crippen LogP contribution in [0, 0.1) is 0 Å². The maximum absolute atomic E-state index is 5.93. The van der Waals surface area contributed by atoms with Crippen LogP contribution in [0.5, 0.6) is 0 Å². The fourth-order valence-corrected chi connectivity index (χ4v) is 10.9. The number of aromatic nitrogens is 1. The van der Waals surface area contributed by atoms with E-state index in [2.05, 4.69) is 122 Å². The largest absolute Gasteiger partial charge is 0.341 e. The lowest BCUT2D eigenvalue weighted by Gasteiger charge is -2.47. The van der Waals surface area contributed by atoms with E-state index in [0.717, 1.165) is 25.3 Å². The van der Waals surface area contributed by atoms with Crippen LogP contribution in [0.2, 0.25) is 0 Å². The van der Waals surface area contributed by atoms with E-state index in [0.29, 0.717) is 0 Å². The second-order valence-corrected chi connectivity index (χ2v) is 15.2. The van der Waals surface area contributed by atoms with Crippen LogP contribution < -0.4 is 5.30 Å². The zero-order valence-electron chi connectivity index (χ0n) is 22.6. The molecule has 2 heterocycles. The van der Waals surface area contributed by atoms with Gasteiger partial charge in [0.2, 0.25) is 0 Å². The molecule has 0 aliphatic carbocycles. The van der Waals surface area contributed by atoms with Crippen molar-refractivity contribution >= 4 is 50.8 Å². The summed E-state index contributed by atoms with van der Waals surface area (Å²) in [6, 6.07) is 31.5. The highest BCUT2D eigenvalue weighted by Gasteiger charge is 2.42. The van der Waals surface area contributed by atoms with Crippen LogP contribution in [-0.2, 0) is 6.54 Å². The molecule has 190 valence electrons. The summed E-state index contributed by atoms with van der Waals surface area (Å²) >= 11 is 0. The molecule has 1 aromatic heterocycles.